The molecule has 0 saturated carbocycles. The van der Waals surface area contributed by atoms with Crippen LogP contribution in [0.4, 0.5) is 0 Å². The van der Waals surface area contributed by atoms with Crippen LogP contribution in [-0.2, 0) is 19.1 Å². The molecule has 1 N–H and O–H groups in total. The summed E-state index contributed by atoms with van der Waals surface area (Å²) in [6, 6.07) is 0.0438. The second kappa shape index (κ2) is 6.15. The minimum atomic E-state index is -0.443. The van der Waals surface area contributed by atoms with Crippen molar-refractivity contribution in [3.05, 3.63) is 0 Å². The quantitative estimate of drug-likeness (QED) is 0.715. The van der Waals surface area contributed by atoms with E-state index in [9.17, 15) is 9.59 Å². The summed E-state index contributed by atoms with van der Waals surface area (Å²) >= 11 is 0. The average molecular weight is 258 g/mol. The summed E-state index contributed by atoms with van der Waals surface area (Å²) in [6.45, 7) is 4.94. The van der Waals surface area contributed by atoms with E-state index >= 15 is 0 Å². The Bertz CT molecular complexity index is 311. The minimum Gasteiger partial charge on any atom is -0.378 e. The molecule has 0 spiro atoms. The fraction of sp³-hybridized carbons (Fsp3) is 0.833. The normalized spacial score (nSPS) is 16.3. The van der Waals surface area contributed by atoms with Crippen LogP contribution in [0.3, 0.4) is 0 Å². The van der Waals surface area contributed by atoms with Gasteiger partial charge >= 0.3 is 0 Å². The summed E-state index contributed by atoms with van der Waals surface area (Å²) in [5, 5.41) is 2.79. The molecule has 0 aromatic heterocycles. The molecule has 1 rings (SSSR count). The third kappa shape index (κ3) is 4.27. The molecule has 1 heterocycles. The van der Waals surface area contributed by atoms with Gasteiger partial charge in [0, 0.05) is 27.3 Å². The Balaban J connectivity index is 2.26. The van der Waals surface area contributed by atoms with Gasteiger partial charge in [-0.2, -0.15) is 0 Å². The first-order valence-electron chi connectivity index (χ1n) is 5.99. The maximum absolute atomic E-state index is 11.9. The van der Waals surface area contributed by atoms with E-state index in [1.54, 1.807) is 12.0 Å². The molecule has 0 bridgehead atoms. The van der Waals surface area contributed by atoms with Crippen molar-refractivity contribution in [1.29, 1.82) is 0 Å². The van der Waals surface area contributed by atoms with E-state index in [1.165, 1.54) is 7.11 Å². The fourth-order valence-corrected chi connectivity index (χ4v) is 1.72. The molecule has 0 aromatic rings. The Labute approximate surface area is 108 Å². The first-order chi connectivity index (χ1) is 8.38. The molecule has 6 heteroatoms. The van der Waals surface area contributed by atoms with Crippen LogP contribution in [0.2, 0.25) is 0 Å². The van der Waals surface area contributed by atoms with E-state index in [4.69, 9.17) is 9.47 Å². The number of hydrogen-bond donors (Lipinski definition) is 1. The highest BCUT2D eigenvalue weighted by Gasteiger charge is 2.34. The Morgan fingerprint density at radius 2 is 1.94 bits per heavy atom. The second-order valence-electron chi connectivity index (χ2n) is 5.14. The zero-order chi connectivity index (χ0) is 13.8. The van der Waals surface area contributed by atoms with Crippen molar-refractivity contribution in [2.24, 2.45) is 0 Å². The Hall–Kier alpha value is -1.14. The molecule has 0 unspecified atom stereocenters. The molecule has 1 aliphatic rings. The number of hydrogen-bond acceptors (Lipinski definition) is 4. The molecular weight excluding hydrogens is 236 g/mol. The van der Waals surface area contributed by atoms with E-state index < -0.39 is 5.60 Å². The summed E-state index contributed by atoms with van der Waals surface area (Å²) in [6.07, 6.45) is 0.349. The average Bonchev–Trinajstić information content (AvgIpc) is 2.22. The number of nitrogens with zero attached hydrogens (tertiary/aromatic N) is 1. The topological polar surface area (TPSA) is 67.9 Å². The van der Waals surface area contributed by atoms with E-state index in [0.717, 1.165) is 0 Å². The lowest BCUT2D eigenvalue weighted by atomic mass is 10.0. The number of likely N-dealkylation sites (tertiary alicyclic amines) is 1. The number of amides is 2. The maximum Gasteiger partial charge on any atom is 0.246 e. The lowest BCUT2D eigenvalue weighted by Gasteiger charge is -2.40. The van der Waals surface area contributed by atoms with E-state index in [0.29, 0.717) is 19.5 Å². The van der Waals surface area contributed by atoms with Crippen molar-refractivity contribution in [2.45, 2.75) is 31.9 Å². The summed E-state index contributed by atoms with van der Waals surface area (Å²) in [4.78, 5) is 24.8. The van der Waals surface area contributed by atoms with E-state index in [1.807, 2.05) is 13.8 Å². The minimum absolute atomic E-state index is 0.0438. The van der Waals surface area contributed by atoms with Crippen LogP contribution in [0.5, 0.6) is 0 Å². The predicted octanol–water partition coefficient (Wildman–Crippen LogP) is -0.225. The van der Waals surface area contributed by atoms with Crippen LogP contribution in [0, 0.1) is 0 Å². The van der Waals surface area contributed by atoms with Gasteiger partial charge in [-0.1, -0.05) is 0 Å². The van der Waals surface area contributed by atoms with Gasteiger partial charge in [0.1, 0.15) is 6.61 Å². The summed E-state index contributed by atoms with van der Waals surface area (Å²) in [5.74, 6) is -0.0917. The van der Waals surface area contributed by atoms with Gasteiger partial charge in [0.05, 0.1) is 18.1 Å². The van der Waals surface area contributed by atoms with Gasteiger partial charge in [0.2, 0.25) is 11.8 Å². The number of carbonyl (C=O) groups excluding carboxylic acids is 2. The molecule has 0 aliphatic carbocycles. The maximum atomic E-state index is 11.9. The molecule has 0 aromatic carbocycles. The van der Waals surface area contributed by atoms with Crippen molar-refractivity contribution < 1.29 is 19.1 Å². The summed E-state index contributed by atoms with van der Waals surface area (Å²) in [5.41, 5.74) is -0.443. The van der Waals surface area contributed by atoms with Crippen LogP contribution < -0.4 is 5.32 Å². The zero-order valence-corrected chi connectivity index (χ0v) is 11.5. The van der Waals surface area contributed by atoms with Gasteiger partial charge in [0.15, 0.2) is 0 Å². The monoisotopic (exact) mass is 258 g/mol. The van der Waals surface area contributed by atoms with Crippen LogP contribution in [-0.4, -0.2) is 62.3 Å². The van der Waals surface area contributed by atoms with Crippen LogP contribution in [0.15, 0.2) is 0 Å². The van der Waals surface area contributed by atoms with Crippen molar-refractivity contribution >= 4 is 11.8 Å². The summed E-state index contributed by atoms with van der Waals surface area (Å²) in [7, 11) is 3.07. The van der Waals surface area contributed by atoms with Crippen LogP contribution >= 0.6 is 0 Å². The van der Waals surface area contributed by atoms with Gasteiger partial charge in [-0.3, -0.25) is 9.59 Å². The van der Waals surface area contributed by atoms with Crippen LogP contribution in [0.1, 0.15) is 20.3 Å². The van der Waals surface area contributed by atoms with Crippen molar-refractivity contribution in [1.82, 2.24) is 10.2 Å². The van der Waals surface area contributed by atoms with Gasteiger partial charge in [-0.05, 0) is 13.8 Å². The van der Waals surface area contributed by atoms with Gasteiger partial charge < -0.3 is 19.7 Å². The van der Waals surface area contributed by atoms with E-state index in [2.05, 4.69) is 5.32 Å². The lowest BCUT2D eigenvalue weighted by Crippen LogP contribution is -2.61. The predicted molar refractivity (Wildman–Crippen MR) is 66.1 cm³/mol. The molecule has 104 valence electrons. The molecule has 1 saturated heterocycles. The molecule has 18 heavy (non-hydrogen) atoms. The third-order valence-electron chi connectivity index (χ3n) is 3.00. The Morgan fingerprint density at radius 1 is 1.33 bits per heavy atom. The first kappa shape index (κ1) is 14.9. The smallest absolute Gasteiger partial charge is 0.246 e. The number of carbonyl (C=O) groups is 2. The number of ether oxygens (including phenoxy) is 2. The first-order valence-corrected chi connectivity index (χ1v) is 5.99. The molecule has 2 amide bonds. The molecular formula is C12H22N2O4. The van der Waals surface area contributed by atoms with E-state index in [-0.39, 0.29) is 24.5 Å². The SMILES string of the molecule is COCC(=O)NC1CN(C(=O)CC(C)(C)OC)C1. The number of rotatable bonds is 6. The molecule has 1 aliphatic heterocycles. The largest absolute Gasteiger partial charge is 0.378 e. The lowest BCUT2D eigenvalue weighted by molar-refractivity contribution is -0.143. The van der Waals surface area contributed by atoms with Crippen molar-refractivity contribution in [3.63, 3.8) is 0 Å². The van der Waals surface area contributed by atoms with Gasteiger partial charge in [-0.15, -0.1) is 0 Å². The van der Waals surface area contributed by atoms with Gasteiger partial charge in [0.25, 0.3) is 0 Å². The summed E-state index contributed by atoms with van der Waals surface area (Å²) < 4.78 is 9.94. The number of methoxy groups -OCH3 is 2. The molecule has 0 radical (unpaired) electrons. The third-order valence-corrected chi connectivity index (χ3v) is 3.00. The van der Waals surface area contributed by atoms with Crippen molar-refractivity contribution in [2.75, 3.05) is 33.9 Å². The highest BCUT2D eigenvalue weighted by Crippen LogP contribution is 2.18. The Kier molecular flexibility index (Phi) is 5.10. The highest BCUT2D eigenvalue weighted by molar-refractivity contribution is 5.80. The zero-order valence-electron chi connectivity index (χ0n) is 11.5. The molecule has 6 nitrogen and oxygen atoms in total. The fourth-order valence-electron chi connectivity index (χ4n) is 1.72. The standard InChI is InChI=1S/C12H22N2O4/c1-12(2,18-4)5-11(16)14-6-9(7-14)13-10(15)8-17-3/h9H,5-8H2,1-4H3,(H,13,15). The molecule has 1 fully saturated rings. The van der Waals surface area contributed by atoms with Gasteiger partial charge in [-0.25, -0.2) is 0 Å². The molecule has 0 atom stereocenters. The highest BCUT2D eigenvalue weighted by atomic mass is 16.5. The van der Waals surface area contributed by atoms with Crippen molar-refractivity contribution in [3.8, 4) is 0 Å². The van der Waals surface area contributed by atoms with Crippen LogP contribution in [0.25, 0.3) is 0 Å². The second-order valence-corrected chi connectivity index (χ2v) is 5.14. The number of nitrogens with one attached hydrogen (secondary N) is 1. The Morgan fingerprint density at radius 3 is 2.44 bits per heavy atom.